The number of pyridine rings is 1. The zero-order valence-electron chi connectivity index (χ0n) is 17.2. The van der Waals surface area contributed by atoms with E-state index in [9.17, 15) is 13.2 Å². The molecule has 9 nitrogen and oxygen atoms in total. The normalized spacial score (nSPS) is 15.9. The van der Waals surface area contributed by atoms with Crippen LogP contribution >= 0.6 is 0 Å². The first-order chi connectivity index (χ1) is 15.4. The van der Waals surface area contributed by atoms with Crippen molar-refractivity contribution in [1.29, 1.82) is 0 Å². The van der Waals surface area contributed by atoms with E-state index in [1.54, 1.807) is 30.6 Å². The van der Waals surface area contributed by atoms with Crippen LogP contribution in [-0.2, 0) is 26.0 Å². The highest BCUT2D eigenvalue weighted by molar-refractivity contribution is 7.90. The fourth-order valence-corrected chi connectivity index (χ4v) is 5.71. The fraction of sp³-hybridized carbons (Fsp3) is 0.318. The molecule has 10 heteroatoms. The van der Waals surface area contributed by atoms with Crippen LogP contribution in [0.25, 0.3) is 11.0 Å². The van der Waals surface area contributed by atoms with Crippen LogP contribution in [0.4, 0.5) is 5.69 Å². The number of ether oxygens (including phenoxy) is 1. The number of nitrogens with one attached hydrogen (secondary N) is 1. The highest BCUT2D eigenvalue weighted by Gasteiger charge is 2.26. The third-order valence-electron chi connectivity index (χ3n) is 5.73. The number of anilines is 1. The van der Waals surface area contributed by atoms with Gasteiger partial charge in [-0.2, -0.15) is 0 Å². The number of carboxylic acid groups (broad SMARTS) is 1. The van der Waals surface area contributed by atoms with Gasteiger partial charge < -0.3 is 15.2 Å². The summed E-state index contributed by atoms with van der Waals surface area (Å²) in [7, 11) is -3.86. The molecule has 3 aromatic rings. The topological polar surface area (TPSA) is 128 Å². The summed E-state index contributed by atoms with van der Waals surface area (Å²) in [6, 6.07) is 8.05. The third-order valence-corrected chi connectivity index (χ3v) is 7.39. The Hall–Kier alpha value is -3.40. The van der Waals surface area contributed by atoms with E-state index >= 15 is 0 Å². The van der Waals surface area contributed by atoms with Crippen LogP contribution in [-0.4, -0.2) is 41.5 Å². The summed E-state index contributed by atoms with van der Waals surface area (Å²) in [5.74, 6) is 0.737. The van der Waals surface area contributed by atoms with E-state index < -0.39 is 10.0 Å². The summed E-state index contributed by atoms with van der Waals surface area (Å²) in [4.78, 5) is 24.5. The van der Waals surface area contributed by atoms with Crippen LogP contribution in [0.2, 0.25) is 0 Å². The molecular weight excluding hydrogens is 434 g/mol. The van der Waals surface area contributed by atoms with E-state index in [-0.39, 0.29) is 23.9 Å². The number of aromatic nitrogens is 2. The number of carbonyl (C=O) groups is 2. The maximum Gasteiger partial charge on any atom is 0.290 e. The quantitative estimate of drug-likeness (QED) is 0.576. The van der Waals surface area contributed by atoms with Gasteiger partial charge in [-0.1, -0.05) is 25.7 Å². The number of rotatable bonds is 4. The van der Waals surface area contributed by atoms with Crippen molar-refractivity contribution in [2.24, 2.45) is 5.92 Å². The van der Waals surface area contributed by atoms with E-state index in [0.29, 0.717) is 22.9 Å². The molecule has 1 saturated carbocycles. The maximum atomic E-state index is 13.4. The molecule has 0 atom stereocenters. The monoisotopic (exact) mass is 457 g/mol. The van der Waals surface area contributed by atoms with E-state index in [4.69, 9.17) is 14.6 Å². The Morgan fingerprint density at radius 3 is 2.75 bits per heavy atom. The summed E-state index contributed by atoms with van der Waals surface area (Å²) in [5, 5.41) is 9.55. The van der Waals surface area contributed by atoms with Crippen LogP contribution in [0.1, 0.15) is 31.2 Å². The molecule has 5 rings (SSSR count). The molecule has 168 valence electrons. The molecular formula is C22H23N3O6S. The van der Waals surface area contributed by atoms with Gasteiger partial charge in [0.1, 0.15) is 5.75 Å². The summed E-state index contributed by atoms with van der Waals surface area (Å²) in [6.45, 7) is -0.322. The van der Waals surface area contributed by atoms with Gasteiger partial charge in [0, 0.05) is 12.4 Å². The minimum atomic E-state index is -3.86. The van der Waals surface area contributed by atoms with Crippen molar-refractivity contribution >= 4 is 39.1 Å². The highest BCUT2D eigenvalue weighted by Crippen LogP contribution is 2.34. The maximum absolute atomic E-state index is 13.4. The summed E-state index contributed by atoms with van der Waals surface area (Å²) < 4.78 is 33.5. The van der Waals surface area contributed by atoms with E-state index in [1.165, 1.54) is 41.8 Å². The highest BCUT2D eigenvalue weighted by atomic mass is 32.2. The van der Waals surface area contributed by atoms with Crippen LogP contribution < -0.4 is 10.1 Å². The van der Waals surface area contributed by atoms with Gasteiger partial charge in [0.15, 0.2) is 6.61 Å². The lowest BCUT2D eigenvalue weighted by Crippen LogP contribution is -2.25. The van der Waals surface area contributed by atoms with Gasteiger partial charge in [0.25, 0.3) is 22.4 Å². The number of carbonyl (C=O) groups excluding carboxylic acids is 1. The Kier molecular flexibility index (Phi) is 6.13. The van der Waals surface area contributed by atoms with Gasteiger partial charge in [0.05, 0.1) is 21.6 Å². The van der Waals surface area contributed by atoms with Gasteiger partial charge in [-0.3, -0.25) is 14.6 Å². The van der Waals surface area contributed by atoms with Crippen molar-refractivity contribution in [3.05, 3.63) is 48.3 Å². The molecule has 1 aliphatic carbocycles. The van der Waals surface area contributed by atoms with Crippen molar-refractivity contribution in [2.75, 3.05) is 11.9 Å². The standard InChI is InChI=1S/C21H21N3O4S.CH2O2/c25-20-13-28-19-8-7-16(11-17(19)23-20)29(26,27)24-12-15(10-14-4-1-2-5-14)21-18(24)6-3-9-22-21;2-1-3/h3,6-9,11-12,14H,1-2,4-5,10,13H2,(H,23,25);1H,(H,2,3). The first-order valence-electron chi connectivity index (χ1n) is 10.3. The Bertz CT molecular complexity index is 1260. The number of hydrogen-bond donors (Lipinski definition) is 2. The molecule has 32 heavy (non-hydrogen) atoms. The van der Waals surface area contributed by atoms with Gasteiger partial charge in [-0.15, -0.1) is 0 Å². The molecule has 0 spiro atoms. The molecule has 0 unspecified atom stereocenters. The van der Waals surface area contributed by atoms with Gasteiger partial charge in [-0.25, -0.2) is 12.4 Å². The van der Waals surface area contributed by atoms with Gasteiger partial charge in [-0.05, 0) is 48.2 Å². The van der Waals surface area contributed by atoms with E-state index in [1.807, 2.05) is 0 Å². The number of nitrogens with zero attached hydrogens (tertiary/aromatic N) is 2. The van der Waals surface area contributed by atoms with Crippen LogP contribution in [0, 0.1) is 5.92 Å². The average Bonchev–Trinajstić information content (AvgIpc) is 3.43. The molecule has 2 N–H and O–H groups in total. The minimum absolute atomic E-state index is 0.0719. The smallest absolute Gasteiger partial charge is 0.290 e. The summed E-state index contributed by atoms with van der Waals surface area (Å²) in [5.41, 5.74) is 2.63. The van der Waals surface area contributed by atoms with E-state index in [2.05, 4.69) is 10.3 Å². The SMILES string of the molecule is O=C1COc2ccc(S(=O)(=O)n3cc(CC4CCCC4)c4ncccc43)cc2N1.O=CO. The van der Waals surface area contributed by atoms with Crippen molar-refractivity contribution < 1.29 is 27.9 Å². The molecule has 0 radical (unpaired) electrons. The van der Waals surface area contributed by atoms with Gasteiger partial charge in [0.2, 0.25) is 0 Å². The zero-order chi connectivity index (χ0) is 22.7. The molecule has 1 aliphatic heterocycles. The molecule has 1 amide bonds. The molecule has 2 aliphatic rings. The van der Waals surface area contributed by atoms with Crippen molar-refractivity contribution in [3.8, 4) is 5.75 Å². The first-order valence-corrected chi connectivity index (χ1v) is 11.7. The third kappa shape index (κ3) is 4.18. The second-order valence-electron chi connectivity index (χ2n) is 7.78. The number of hydrogen-bond acceptors (Lipinski definition) is 6. The largest absolute Gasteiger partial charge is 0.483 e. The lowest BCUT2D eigenvalue weighted by molar-refractivity contribution is -0.123. The molecule has 3 heterocycles. The molecule has 0 bridgehead atoms. The average molecular weight is 458 g/mol. The van der Waals surface area contributed by atoms with Crippen molar-refractivity contribution in [3.63, 3.8) is 0 Å². The number of fused-ring (bicyclic) bond motifs is 2. The van der Waals surface area contributed by atoms with E-state index in [0.717, 1.165) is 17.5 Å². The van der Waals surface area contributed by atoms with Crippen LogP contribution in [0.15, 0.2) is 47.6 Å². The van der Waals surface area contributed by atoms with Crippen LogP contribution in [0.3, 0.4) is 0 Å². The summed E-state index contributed by atoms with van der Waals surface area (Å²) in [6.07, 6.45) is 9.07. The second kappa shape index (κ2) is 8.99. The molecule has 1 aromatic carbocycles. The minimum Gasteiger partial charge on any atom is -0.483 e. The molecule has 2 aromatic heterocycles. The van der Waals surface area contributed by atoms with Gasteiger partial charge >= 0.3 is 0 Å². The lowest BCUT2D eigenvalue weighted by atomic mass is 9.99. The predicted molar refractivity (Wildman–Crippen MR) is 117 cm³/mol. The second-order valence-corrected chi connectivity index (χ2v) is 9.60. The fourth-order valence-electron chi connectivity index (χ4n) is 4.30. The number of amides is 1. The Morgan fingerprint density at radius 2 is 2.00 bits per heavy atom. The Morgan fingerprint density at radius 1 is 1.25 bits per heavy atom. The lowest BCUT2D eigenvalue weighted by Gasteiger charge is -2.18. The molecule has 0 saturated heterocycles. The zero-order valence-corrected chi connectivity index (χ0v) is 18.0. The predicted octanol–water partition coefficient (Wildman–Crippen LogP) is 3.04. The van der Waals surface area contributed by atoms with Crippen molar-refractivity contribution in [1.82, 2.24) is 8.96 Å². The van der Waals surface area contributed by atoms with Crippen LogP contribution in [0.5, 0.6) is 5.75 Å². The molecule has 1 fully saturated rings. The first kappa shape index (κ1) is 21.8. The number of benzene rings is 1. The Labute approximate surface area is 185 Å². The Balaban J connectivity index is 0.000000775. The summed E-state index contributed by atoms with van der Waals surface area (Å²) >= 11 is 0. The van der Waals surface area contributed by atoms with Crippen molar-refractivity contribution in [2.45, 2.75) is 37.0 Å².